The molecule has 22 heavy (non-hydrogen) atoms. The Morgan fingerprint density at radius 1 is 1.45 bits per heavy atom. The predicted molar refractivity (Wildman–Crippen MR) is 68.2 cm³/mol. The number of amides is 1. The summed E-state index contributed by atoms with van der Waals surface area (Å²) in [5.74, 6) is -0.709. The summed E-state index contributed by atoms with van der Waals surface area (Å²) in [6.45, 7) is 0.149. The summed E-state index contributed by atoms with van der Waals surface area (Å²) in [4.78, 5) is 15.5. The van der Waals surface area contributed by atoms with E-state index in [-0.39, 0.29) is 18.2 Å². The second-order valence-electron chi connectivity index (χ2n) is 4.39. The van der Waals surface area contributed by atoms with Gasteiger partial charge in [0.05, 0.1) is 5.69 Å². The Morgan fingerprint density at radius 2 is 2.23 bits per heavy atom. The van der Waals surface area contributed by atoms with Gasteiger partial charge in [0.15, 0.2) is 6.61 Å². The number of rotatable bonds is 5. The van der Waals surface area contributed by atoms with Crippen LogP contribution in [0.4, 0.5) is 13.2 Å². The third-order valence-corrected chi connectivity index (χ3v) is 2.51. The fourth-order valence-electron chi connectivity index (χ4n) is 1.57. The Labute approximate surface area is 123 Å². The van der Waals surface area contributed by atoms with Gasteiger partial charge in [-0.05, 0) is 13.0 Å². The van der Waals surface area contributed by atoms with Crippen LogP contribution in [-0.2, 0) is 6.54 Å². The summed E-state index contributed by atoms with van der Waals surface area (Å²) in [6.07, 6.45) is -3.16. The summed E-state index contributed by atoms with van der Waals surface area (Å²) >= 11 is 0. The van der Waals surface area contributed by atoms with Gasteiger partial charge in [0.1, 0.15) is 0 Å². The fourth-order valence-corrected chi connectivity index (χ4v) is 1.57. The molecule has 2 rings (SSSR count). The maximum absolute atomic E-state index is 12.2. The van der Waals surface area contributed by atoms with Crippen LogP contribution in [-0.4, -0.2) is 28.8 Å². The highest BCUT2D eigenvalue weighted by Gasteiger charge is 2.29. The topological polar surface area (TPSA) is 77.2 Å². The molecule has 2 aromatic rings. The molecule has 0 fully saturated rings. The third kappa shape index (κ3) is 4.47. The lowest BCUT2D eigenvalue weighted by Gasteiger charge is -2.12. The first-order chi connectivity index (χ1) is 10.3. The van der Waals surface area contributed by atoms with Crippen molar-refractivity contribution in [1.29, 1.82) is 0 Å². The van der Waals surface area contributed by atoms with Gasteiger partial charge in [-0.3, -0.25) is 4.79 Å². The van der Waals surface area contributed by atoms with Crippen LogP contribution < -0.4 is 10.1 Å². The number of aryl methyl sites for hydroxylation is 1. The predicted octanol–water partition coefficient (Wildman–Crippen LogP) is 2.25. The zero-order valence-corrected chi connectivity index (χ0v) is 11.5. The van der Waals surface area contributed by atoms with E-state index in [0.717, 1.165) is 0 Å². The molecule has 118 valence electrons. The van der Waals surface area contributed by atoms with E-state index in [2.05, 4.69) is 20.2 Å². The van der Waals surface area contributed by atoms with E-state index < -0.39 is 18.7 Å². The Bertz CT molecular complexity index is 655. The van der Waals surface area contributed by atoms with Crippen LogP contribution in [0.1, 0.15) is 21.8 Å². The van der Waals surface area contributed by atoms with Crippen molar-refractivity contribution in [3.05, 3.63) is 41.4 Å². The van der Waals surface area contributed by atoms with Gasteiger partial charge in [-0.15, -0.1) is 0 Å². The minimum absolute atomic E-state index is 0.0131. The van der Waals surface area contributed by atoms with E-state index in [1.54, 1.807) is 6.92 Å². The monoisotopic (exact) mass is 315 g/mol. The molecule has 2 heterocycles. The van der Waals surface area contributed by atoms with E-state index in [9.17, 15) is 18.0 Å². The van der Waals surface area contributed by atoms with Crippen molar-refractivity contribution in [3.8, 4) is 5.88 Å². The second-order valence-corrected chi connectivity index (χ2v) is 4.39. The molecule has 0 aliphatic heterocycles. The highest BCUT2D eigenvalue weighted by atomic mass is 19.4. The maximum Gasteiger partial charge on any atom is 0.422 e. The summed E-state index contributed by atoms with van der Waals surface area (Å²) in [5.41, 5.74) is 0.858. The SMILES string of the molecule is Cc1cc(C(=O)NCc2cccnc2OCC(F)(F)F)on1. The van der Waals surface area contributed by atoms with Gasteiger partial charge in [0.25, 0.3) is 5.91 Å². The number of nitrogens with zero attached hydrogens (tertiary/aromatic N) is 2. The minimum atomic E-state index is -4.46. The van der Waals surface area contributed by atoms with Crippen molar-refractivity contribution >= 4 is 5.91 Å². The van der Waals surface area contributed by atoms with Gasteiger partial charge < -0.3 is 14.6 Å². The molecule has 0 spiro atoms. The third-order valence-electron chi connectivity index (χ3n) is 2.51. The number of alkyl halides is 3. The molecule has 0 radical (unpaired) electrons. The Morgan fingerprint density at radius 3 is 2.86 bits per heavy atom. The van der Waals surface area contributed by atoms with Crippen molar-refractivity contribution in [2.75, 3.05) is 6.61 Å². The molecule has 1 N–H and O–H groups in total. The first-order valence-electron chi connectivity index (χ1n) is 6.20. The van der Waals surface area contributed by atoms with Gasteiger partial charge in [-0.1, -0.05) is 11.2 Å². The highest BCUT2D eigenvalue weighted by molar-refractivity contribution is 5.91. The first-order valence-corrected chi connectivity index (χ1v) is 6.20. The molecule has 0 aromatic carbocycles. The van der Waals surface area contributed by atoms with Crippen molar-refractivity contribution in [2.24, 2.45) is 0 Å². The smallest absolute Gasteiger partial charge is 0.422 e. The summed E-state index contributed by atoms with van der Waals surface area (Å²) in [6, 6.07) is 4.48. The molecule has 0 unspecified atom stereocenters. The number of carbonyl (C=O) groups is 1. The number of hydrogen-bond acceptors (Lipinski definition) is 5. The quantitative estimate of drug-likeness (QED) is 0.915. The van der Waals surface area contributed by atoms with Gasteiger partial charge in [0.2, 0.25) is 11.6 Å². The average Bonchev–Trinajstić information content (AvgIpc) is 2.89. The lowest BCUT2D eigenvalue weighted by molar-refractivity contribution is -0.154. The van der Waals surface area contributed by atoms with Crippen molar-refractivity contribution in [2.45, 2.75) is 19.6 Å². The molecule has 0 saturated heterocycles. The number of halogens is 3. The number of ether oxygens (including phenoxy) is 1. The van der Waals surface area contributed by atoms with Crippen LogP contribution in [0.25, 0.3) is 0 Å². The van der Waals surface area contributed by atoms with Crippen LogP contribution in [0, 0.1) is 6.92 Å². The standard InChI is InChI=1S/C13H12F3N3O3/c1-8-5-10(22-19-8)11(20)18-6-9-3-2-4-17-12(9)21-7-13(14,15)16/h2-5H,6-7H2,1H3,(H,18,20). The molecule has 0 atom stereocenters. The molecule has 9 heteroatoms. The van der Waals surface area contributed by atoms with Crippen LogP contribution in [0.5, 0.6) is 5.88 Å². The molecule has 2 aromatic heterocycles. The Kier molecular flexibility index (Phi) is 4.64. The zero-order chi connectivity index (χ0) is 16.2. The maximum atomic E-state index is 12.2. The lowest BCUT2D eigenvalue weighted by Crippen LogP contribution is -2.24. The first kappa shape index (κ1) is 15.8. The average molecular weight is 315 g/mol. The van der Waals surface area contributed by atoms with E-state index in [0.29, 0.717) is 11.3 Å². The molecule has 1 amide bonds. The number of aromatic nitrogens is 2. The Balaban J connectivity index is 1.99. The lowest BCUT2D eigenvalue weighted by atomic mass is 10.2. The van der Waals surface area contributed by atoms with Crippen molar-refractivity contribution in [1.82, 2.24) is 15.5 Å². The number of hydrogen-bond donors (Lipinski definition) is 1. The van der Waals surface area contributed by atoms with Gasteiger partial charge in [-0.25, -0.2) is 4.98 Å². The molecular weight excluding hydrogens is 303 g/mol. The van der Waals surface area contributed by atoms with Crippen molar-refractivity contribution < 1.29 is 27.2 Å². The minimum Gasteiger partial charge on any atom is -0.468 e. The fraction of sp³-hybridized carbons (Fsp3) is 0.308. The van der Waals surface area contributed by atoms with Gasteiger partial charge >= 0.3 is 6.18 Å². The van der Waals surface area contributed by atoms with Gasteiger partial charge in [-0.2, -0.15) is 13.2 Å². The largest absolute Gasteiger partial charge is 0.468 e. The highest BCUT2D eigenvalue weighted by Crippen LogP contribution is 2.19. The van der Waals surface area contributed by atoms with E-state index >= 15 is 0 Å². The summed E-state index contributed by atoms with van der Waals surface area (Å²) in [7, 11) is 0. The molecule has 6 nitrogen and oxygen atoms in total. The molecular formula is C13H12F3N3O3. The van der Waals surface area contributed by atoms with Crippen LogP contribution in [0.15, 0.2) is 28.9 Å². The second kappa shape index (κ2) is 6.46. The zero-order valence-electron chi connectivity index (χ0n) is 11.5. The van der Waals surface area contributed by atoms with Crippen LogP contribution in [0.3, 0.4) is 0 Å². The molecule has 0 aliphatic rings. The molecule has 0 saturated carbocycles. The Hall–Kier alpha value is -2.58. The molecule has 0 bridgehead atoms. The number of carbonyl (C=O) groups excluding carboxylic acids is 1. The van der Waals surface area contributed by atoms with E-state index in [1.807, 2.05) is 0 Å². The molecule has 0 aliphatic carbocycles. The normalized spacial score (nSPS) is 11.3. The van der Waals surface area contributed by atoms with Gasteiger partial charge in [0, 0.05) is 24.4 Å². The van der Waals surface area contributed by atoms with E-state index in [1.165, 1.54) is 24.4 Å². The number of nitrogens with one attached hydrogen (secondary N) is 1. The number of pyridine rings is 1. The van der Waals surface area contributed by atoms with Crippen LogP contribution >= 0.6 is 0 Å². The van der Waals surface area contributed by atoms with E-state index in [4.69, 9.17) is 4.52 Å². The summed E-state index contributed by atoms with van der Waals surface area (Å²) < 4.78 is 45.9. The summed E-state index contributed by atoms with van der Waals surface area (Å²) in [5, 5.41) is 6.06. The van der Waals surface area contributed by atoms with Crippen molar-refractivity contribution in [3.63, 3.8) is 0 Å². The van der Waals surface area contributed by atoms with Crippen LogP contribution in [0.2, 0.25) is 0 Å².